The van der Waals surface area contributed by atoms with Crippen LogP contribution in [0.5, 0.6) is 0 Å². The van der Waals surface area contributed by atoms with Gasteiger partial charge in [0.05, 0.1) is 16.3 Å². The summed E-state index contributed by atoms with van der Waals surface area (Å²) >= 11 is 6.09. The number of carbonyl (C=O) groups excluding carboxylic acids is 1. The maximum atomic E-state index is 13.3. The Bertz CT molecular complexity index is 1280. The summed E-state index contributed by atoms with van der Waals surface area (Å²) in [4.78, 5) is 23.9. The third kappa shape index (κ3) is 3.31. The lowest BCUT2D eigenvalue weighted by molar-refractivity contribution is -0.384. The number of non-ortho nitro benzene ring substituents is 1. The van der Waals surface area contributed by atoms with Gasteiger partial charge in [0, 0.05) is 46.2 Å². The molecule has 1 atom stereocenters. The first kappa shape index (κ1) is 19.2. The molecule has 0 spiro atoms. The molecule has 3 aromatic rings. The second kappa shape index (κ2) is 7.49. The Labute approximate surface area is 183 Å². The SMILES string of the molecule is O=C1C2=C(NN=C(c3ccc([N+](=O)[O-])cc3)CC2c2ccc(Cl)cc2)c2ccccc21. The minimum Gasteiger partial charge on any atom is -0.289 e. The summed E-state index contributed by atoms with van der Waals surface area (Å²) in [6.45, 7) is 0. The van der Waals surface area contributed by atoms with E-state index in [2.05, 4.69) is 10.5 Å². The van der Waals surface area contributed by atoms with Crippen molar-refractivity contribution in [2.75, 3.05) is 0 Å². The van der Waals surface area contributed by atoms with Gasteiger partial charge in [0.25, 0.3) is 5.69 Å². The molecule has 0 saturated heterocycles. The minimum absolute atomic E-state index is 0.0156. The van der Waals surface area contributed by atoms with Crippen molar-refractivity contribution in [3.05, 3.63) is 116 Å². The van der Waals surface area contributed by atoms with Crippen LogP contribution in [0.15, 0.2) is 83.5 Å². The van der Waals surface area contributed by atoms with E-state index in [1.54, 1.807) is 12.1 Å². The predicted molar refractivity (Wildman–Crippen MR) is 119 cm³/mol. The fraction of sp³-hybridized carbons (Fsp3) is 0.0833. The highest BCUT2D eigenvalue weighted by molar-refractivity contribution is 6.30. The molecular formula is C24H16ClN3O3. The summed E-state index contributed by atoms with van der Waals surface area (Å²) in [7, 11) is 0. The number of carbonyl (C=O) groups is 1. The molecule has 0 fully saturated rings. The largest absolute Gasteiger partial charge is 0.289 e. The van der Waals surface area contributed by atoms with Crippen molar-refractivity contribution in [2.45, 2.75) is 12.3 Å². The van der Waals surface area contributed by atoms with Crippen molar-refractivity contribution in [3.8, 4) is 0 Å². The Hall–Kier alpha value is -3.77. The summed E-state index contributed by atoms with van der Waals surface area (Å²) in [6, 6.07) is 21.2. The number of allylic oxidation sites excluding steroid dienone is 1. The first-order valence-corrected chi connectivity index (χ1v) is 10.1. The molecule has 1 heterocycles. The Morgan fingerprint density at radius 1 is 0.968 bits per heavy atom. The lowest BCUT2D eigenvalue weighted by Crippen LogP contribution is -2.14. The third-order valence-electron chi connectivity index (χ3n) is 5.69. The molecule has 1 unspecified atom stereocenters. The molecule has 3 aromatic carbocycles. The summed E-state index contributed by atoms with van der Waals surface area (Å²) in [5.41, 5.74) is 8.43. The Kier molecular flexibility index (Phi) is 4.64. The monoisotopic (exact) mass is 429 g/mol. The number of rotatable bonds is 3. The zero-order chi connectivity index (χ0) is 21.5. The lowest BCUT2D eigenvalue weighted by atomic mass is 9.83. The number of Topliss-reactive ketones (excluding diaryl/α,β-unsaturated/α-hetero) is 1. The maximum absolute atomic E-state index is 13.3. The molecular weight excluding hydrogens is 414 g/mol. The van der Waals surface area contributed by atoms with Gasteiger partial charge in [0.15, 0.2) is 5.78 Å². The second-order valence-electron chi connectivity index (χ2n) is 7.45. The van der Waals surface area contributed by atoms with E-state index >= 15 is 0 Å². The van der Waals surface area contributed by atoms with E-state index in [4.69, 9.17) is 11.6 Å². The molecule has 0 amide bonds. The van der Waals surface area contributed by atoms with Crippen LogP contribution in [0.1, 0.15) is 39.4 Å². The van der Waals surface area contributed by atoms with Gasteiger partial charge in [-0.25, -0.2) is 0 Å². The quantitative estimate of drug-likeness (QED) is 0.450. The molecule has 152 valence electrons. The fourth-order valence-electron chi connectivity index (χ4n) is 4.16. The van der Waals surface area contributed by atoms with Crippen LogP contribution in [0.3, 0.4) is 0 Å². The van der Waals surface area contributed by atoms with Crippen molar-refractivity contribution < 1.29 is 9.72 Å². The van der Waals surface area contributed by atoms with Crippen LogP contribution in [0.25, 0.3) is 5.70 Å². The molecule has 5 rings (SSSR count). The number of nitrogens with one attached hydrogen (secondary N) is 1. The van der Waals surface area contributed by atoms with Gasteiger partial charge in [-0.15, -0.1) is 0 Å². The van der Waals surface area contributed by atoms with Gasteiger partial charge in [-0.1, -0.05) is 48.0 Å². The van der Waals surface area contributed by atoms with Gasteiger partial charge in [0.2, 0.25) is 0 Å². The number of benzene rings is 3. The third-order valence-corrected chi connectivity index (χ3v) is 5.94. The molecule has 1 N–H and O–H groups in total. The Morgan fingerprint density at radius 2 is 1.65 bits per heavy atom. The van der Waals surface area contributed by atoms with Crippen LogP contribution in [-0.2, 0) is 0 Å². The van der Waals surface area contributed by atoms with Gasteiger partial charge >= 0.3 is 0 Å². The van der Waals surface area contributed by atoms with Crippen molar-refractivity contribution in [3.63, 3.8) is 0 Å². The van der Waals surface area contributed by atoms with E-state index < -0.39 is 4.92 Å². The number of halogens is 1. The molecule has 2 aliphatic rings. The molecule has 1 aliphatic carbocycles. The molecule has 0 bridgehead atoms. The van der Waals surface area contributed by atoms with E-state index in [0.717, 1.165) is 22.4 Å². The van der Waals surface area contributed by atoms with Crippen LogP contribution >= 0.6 is 11.6 Å². The molecule has 0 aromatic heterocycles. The number of ketones is 1. The number of fused-ring (bicyclic) bond motifs is 2. The standard InChI is InChI=1S/C24H16ClN3O3/c25-16-9-5-14(6-10-16)20-13-21(15-7-11-17(12-8-15)28(30)31)26-27-23-18-3-1-2-4-19(18)24(29)22(20)23/h1-12,20,27H,13H2. The smallest absolute Gasteiger partial charge is 0.269 e. The van der Waals surface area contributed by atoms with Crippen LogP contribution in [-0.4, -0.2) is 16.4 Å². The first-order valence-electron chi connectivity index (χ1n) is 9.74. The van der Waals surface area contributed by atoms with E-state index in [1.165, 1.54) is 12.1 Å². The number of nitro benzene ring substituents is 1. The zero-order valence-corrected chi connectivity index (χ0v) is 17.0. The summed E-state index contributed by atoms with van der Waals surface area (Å²) in [5, 5.41) is 16.2. The number of nitrogens with zero attached hydrogens (tertiary/aromatic N) is 2. The average molecular weight is 430 g/mol. The molecule has 31 heavy (non-hydrogen) atoms. The molecule has 1 aliphatic heterocycles. The van der Waals surface area contributed by atoms with Crippen LogP contribution < -0.4 is 5.43 Å². The Morgan fingerprint density at radius 3 is 2.32 bits per heavy atom. The minimum atomic E-state index is -0.431. The van der Waals surface area contributed by atoms with E-state index in [0.29, 0.717) is 28.3 Å². The van der Waals surface area contributed by atoms with E-state index in [-0.39, 0.29) is 17.4 Å². The summed E-state index contributed by atoms with van der Waals surface area (Å²) in [6.07, 6.45) is 0.463. The van der Waals surface area contributed by atoms with Crippen molar-refractivity contribution in [1.29, 1.82) is 0 Å². The fourth-order valence-corrected chi connectivity index (χ4v) is 4.28. The number of hydrogen-bond donors (Lipinski definition) is 1. The van der Waals surface area contributed by atoms with Gasteiger partial charge in [0.1, 0.15) is 0 Å². The highest BCUT2D eigenvalue weighted by Crippen LogP contribution is 2.42. The average Bonchev–Trinajstić information content (AvgIpc) is 2.94. The second-order valence-corrected chi connectivity index (χ2v) is 7.88. The van der Waals surface area contributed by atoms with Gasteiger partial charge in [-0.05, 0) is 35.4 Å². The van der Waals surface area contributed by atoms with E-state index in [9.17, 15) is 14.9 Å². The molecule has 0 saturated carbocycles. The number of hydrazone groups is 1. The van der Waals surface area contributed by atoms with Gasteiger partial charge in [-0.3, -0.25) is 20.3 Å². The predicted octanol–water partition coefficient (Wildman–Crippen LogP) is 5.34. The zero-order valence-electron chi connectivity index (χ0n) is 16.2. The molecule has 6 nitrogen and oxygen atoms in total. The number of hydrogen-bond acceptors (Lipinski definition) is 5. The van der Waals surface area contributed by atoms with Gasteiger partial charge < -0.3 is 0 Å². The van der Waals surface area contributed by atoms with Gasteiger partial charge in [-0.2, -0.15) is 5.10 Å². The summed E-state index contributed by atoms with van der Waals surface area (Å²) < 4.78 is 0. The summed E-state index contributed by atoms with van der Waals surface area (Å²) in [5.74, 6) is -0.255. The number of nitro groups is 1. The van der Waals surface area contributed by atoms with Crippen LogP contribution in [0.2, 0.25) is 5.02 Å². The van der Waals surface area contributed by atoms with E-state index in [1.807, 2.05) is 48.5 Å². The topological polar surface area (TPSA) is 84.6 Å². The normalized spacial score (nSPS) is 17.4. The maximum Gasteiger partial charge on any atom is 0.269 e. The highest BCUT2D eigenvalue weighted by Gasteiger charge is 2.37. The van der Waals surface area contributed by atoms with Crippen molar-refractivity contribution >= 4 is 34.5 Å². The van der Waals surface area contributed by atoms with Crippen LogP contribution in [0.4, 0.5) is 5.69 Å². The lowest BCUT2D eigenvalue weighted by Gasteiger charge is -2.18. The first-order chi connectivity index (χ1) is 15.0. The van der Waals surface area contributed by atoms with Crippen LogP contribution in [0, 0.1) is 10.1 Å². The van der Waals surface area contributed by atoms with Crippen molar-refractivity contribution in [1.82, 2.24) is 5.43 Å². The molecule has 0 radical (unpaired) electrons. The molecule has 7 heteroatoms. The highest BCUT2D eigenvalue weighted by atomic mass is 35.5. The Balaban J connectivity index is 1.62. The van der Waals surface area contributed by atoms with Crippen molar-refractivity contribution in [2.24, 2.45) is 5.10 Å².